The molecule has 1 fully saturated rings. The first-order valence-corrected chi connectivity index (χ1v) is 7.98. The molecule has 0 saturated carbocycles. The molecule has 1 saturated heterocycles. The lowest BCUT2D eigenvalue weighted by atomic mass is 9.97. The smallest absolute Gasteiger partial charge is 0.347 e. The minimum atomic E-state index is -0.765. The maximum absolute atomic E-state index is 12.1. The minimum absolute atomic E-state index is 0.161. The van der Waals surface area contributed by atoms with Gasteiger partial charge in [0.2, 0.25) is 0 Å². The van der Waals surface area contributed by atoms with Gasteiger partial charge < -0.3 is 9.47 Å². The van der Waals surface area contributed by atoms with E-state index in [2.05, 4.69) is 6.07 Å². The second kappa shape index (κ2) is 5.96. The topological polar surface area (TPSA) is 52.6 Å². The summed E-state index contributed by atoms with van der Waals surface area (Å²) < 4.78 is 10.4. The van der Waals surface area contributed by atoms with Crippen molar-refractivity contribution >= 4 is 33.5 Å². The van der Waals surface area contributed by atoms with Crippen LogP contribution in [-0.4, -0.2) is 18.0 Å². The molecule has 1 aliphatic rings. The summed E-state index contributed by atoms with van der Waals surface area (Å²) in [5.74, 6) is -0.814. The molecule has 4 nitrogen and oxygen atoms in total. The van der Waals surface area contributed by atoms with Crippen LogP contribution in [0.1, 0.15) is 18.4 Å². The lowest BCUT2D eigenvalue weighted by Gasteiger charge is -2.14. The van der Waals surface area contributed by atoms with Crippen LogP contribution in [0, 0.1) is 0 Å². The van der Waals surface area contributed by atoms with Crippen molar-refractivity contribution in [2.45, 2.75) is 25.6 Å². The van der Waals surface area contributed by atoms with Crippen LogP contribution in [0.5, 0.6) is 0 Å². The molecule has 1 atom stereocenters. The summed E-state index contributed by atoms with van der Waals surface area (Å²) in [5, 5.41) is 4.34. The van der Waals surface area contributed by atoms with Crippen molar-refractivity contribution in [3.05, 3.63) is 60.2 Å². The third kappa shape index (κ3) is 2.60. The van der Waals surface area contributed by atoms with Crippen LogP contribution in [0.15, 0.2) is 54.6 Å². The molecule has 0 radical (unpaired) electrons. The summed E-state index contributed by atoms with van der Waals surface area (Å²) >= 11 is 0. The van der Waals surface area contributed by atoms with Crippen molar-refractivity contribution < 1.29 is 19.1 Å². The summed E-state index contributed by atoms with van der Waals surface area (Å²) in [6.07, 6.45) is -0.0935. The fraction of sp³-hybridized carbons (Fsp3) is 0.200. The van der Waals surface area contributed by atoms with Crippen molar-refractivity contribution in [3.63, 3.8) is 0 Å². The number of ether oxygens (including phenoxy) is 2. The SMILES string of the molecule is O=C1CCC(C(=O)OCc2c3ccccc3cc3ccccc23)O1. The normalized spacial score (nSPS) is 17.2. The van der Waals surface area contributed by atoms with Crippen molar-refractivity contribution in [1.82, 2.24) is 0 Å². The van der Waals surface area contributed by atoms with Crippen LogP contribution in [0.2, 0.25) is 0 Å². The average Bonchev–Trinajstić information content (AvgIpc) is 3.05. The van der Waals surface area contributed by atoms with Crippen molar-refractivity contribution in [2.75, 3.05) is 0 Å². The van der Waals surface area contributed by atoms with E-state index in [1.165, 1.54) is 0 Å². The Morgan fingerprint density at radius 3 is 2.25 bits per heavy atom. The van der Waals surface area contributed by atoms with Crippen LogP contribution in [0.4, 0.5) is 0 Å². The highest BCUT2D eigenvalue weighted by atomic mass is 16.6. The Hall–Kier alpha value is -2.88. The molecule has 0 N–H and O–H groups in total. The van der Waals surface area contributed by atoms with Gasteiger partial charge in [-0.2, -0.15) is 0 Å². The molecule has 0 aliphatic carbocycles. The van der Waals surface area contributed by atoms with E-state index in [-0.39, 0.29) is 19.0 Å². The second-order valence-electron chi connectivity index (χ2n) is 5.92. The zero-order valence-corrected chi connectivity index (χ0v) is 13.0. The number of hydrogen-bond donors (Lipinski definition) is 0. The molecule has 120 valence electrons. The zero-order chi connectivity index (χ0) is 16.5. The monoisotopic (exact) mass is 320 g/mol. The molecular weight excluding hydrogens is 304 g/mol. The molecule has 0 bridgehead atoms. The van der Waals surface area contributed by atoms with Gasteiger partial charge in [0.05, 0.1) is 0 Å². The van der Waals surface area contributed by atoms with Crippen LogP contribution in [0.3, 0.4) is 0 Å². The van der Waals surface area contributed by atoms with Crippen LogP contribution >= 0.6 is 0 Å². The average molecular weight is 320 g/mol. The number of esters is 2. The van der Waals surface area contributed by atoms with E-state index in [1.54, 1.807) is 0 Å². The molecule has 4 rings (SSSR count). The van der Waals surface area contributed by atoms with Gasteiger partial charge in [-0.25, -0.2) is 4.79 Å². The molecule has 1 unspecified atom stereocenters. The number of rotatable bonds is 3. The largest absolute Gasteiger partial charge is 0.458 e. The second-order valence-corrected chi connectivity index (χ2v) is 5.92. The number of carbonyl (C=O) groups is 2. The van der Waals surface area contributed by atoms with Crippen LogP contribution < -0.4 is 0 Å². The Morgan fingerprint density at radius 2 is 1.67 bits per heavy atom. The first kappa shape index (κ1) is 14.7. The zero-order valence-electron chi connectivity index (χ0n) is 13.0. The fourth-order valence-electron chi connectivity index (χ4n) is 3.19. The third-order valence-electron chi connectivity index (χ3n) is 4.39. The lowest BCUT2D eigenvalue weighted by Crippen LogP contribution is -2.22. The molecule has 1 aliphatic heterocycles. The summed E-state index contributed by atoms with van der Waals surface area (Å²) in [7, 11) is 0. The summed E-state index contributed by atoms with van der Waals surface area (Å²) in [5.41, 5.74) is 0.973. The Morgan fingerprint density at radius 1 is 1.04 bits per heavy atom. The van der Waals surface area contributed by atoms with Crippen molar-refractivity contribution in [3.8, 4) is 0 Å². The molecule has 4 heteroatoms. The number of benzene rings is 3. The summed E-state index contributed by atoms with van der Waals surface area (Å²) in [6.45, 7) is 0.161. The highest BCUT2D eigenvalue weighted by Crippen LogP contribution is 2.29. The van der Waals surface area contributed by atoms with Crippen molar-refractivity contribution in [2.24, 2.45) is 0 Å². The molecule has 0 aromatic heterocycles. The number of carbonyl (C=O) groups excluding carboxylic acids is 2. The predicted molar refractivity (Wildman–Crippen MR) is 90.4 cm³/mol. The molecule has 1 heterocycles. The first-order chi connectivity index (χ1) is 11.7. The first-order valence-electron chi connectivity index (χ1n) is 7.98. The predicted octanol–water partition coefficient (Wildman–Crippen LogP) is 3.74. The van der Waals surface area contributed by atoms with E-state index >= 15 is 0 Å². The van der Waals surface area contributed by atoms with Gasteiger partial charge in [0.15, 0.2) is 6.10 Å². The number of fused-ring (bicyclic) bond motifs is 2. The Kier molecular flexibility index (Phi) is 3.65. The maximum Gasteiger partial charge on any atom is 0.347 e. The molecule has 3 aromatic rings. The summed E-state index contributed by atoms with van der Waals surface area (Å²) in [6, 6.07) is 18.2. The van der Waals surface area contributed by atoms with Gasteiger partial charge in [0, 0.05) is 18.4 Å². The standard InChI is InChI=1S/C20H16O4/c21-19-10-9-18(24-19)20(22)23-12-17-15-7-3-1-5-13(15)11-14-6-2-4-8-16(14)17/h1-8,11,18H,9-10,12H2. The molecular formula is C20H16O4. The van der Waals surface area contributed by atoms with E-state index < -0.39 is 12.1 Å². The Bertz CT molecular complexity index is 891. The van der Waals surface area contributed by atoms with Gasteiger partial charge in [0.1, 0.15) is 6.61 Å². The minimum Gasteiger partial charge on any atom is -0.458 e. The maximum atomic E-state index is 12.1. The Labute approximate surface area is 139 Å². The quantitative estimate of drug-likeness (QED) is 0.545. The van der Waals surface area contributed by atoms with Crippen LogP contribution in [0.25, 0.3) is 21.5 Å². The molecule has 0 amide bonds. The van der Waals surface area contributed by atoms with Gasteiger partial charge in [0.25, 0.3) is 0 Å². The third-order valence-corrected chi connectivity index (χ3v) is 4.39. The highest BCUT2D eigenvalue weighted by molar-refractivity contribution is 6.02. The van der Waals surface area contributed by atoms with E-state index in [0.29, 0.717) is 6.42 Å². The van der Waals surface area contributed by atoms with E-state index in [0.717, 1.165) is 27.1 Å². The van der Waals surface area contributed by atoms with Crippen LogP contribution in [-0.2, 0) is 25.7 Å². The van der Waals surface area contributed by atoms with E-state index in [9.17, 15) is 9.59 Å². The lowest BCUT2D eigenvalue weighted by molar-refractivity contribution is -0.162. The fourth-order valence-corrected chi connectivity index (χ4v) is 3.19. The highest BCUT2D eigenvalue weighted by Gasteiger charge is 2.31. The van der Waals surface area contributed by atoms with Gasteiger partial charge >= 0.3 is 11.9 Å². The number of hydrogen-bond acceptors (Lipinski definition) is 4. The molecule has 3 aromatic carbocycles. The van der Waals surface area contributed by atoms with Gasteiger partial charge in [-0.05, 0) is 27.6 Å². The van der Waals surface area contributed by atoms with Gasteiger partial charge in [-0.1, -0.05) is 48.5 Å². The molecule has 24 heavy (non-hydrogen) atoms. The van der Waals surface area contributed by atoms with E-state index in [1.807, 2.05) is 48.5 Å². The molecule has 0 spiro atoms. The van der Waals surface area contributed by atoms with Crippen molar-refractivity contribution in [1.29, 1.82) is 0 Å². The Balaban J connectivity index is 1.69. The number of cyclic esters (lactones) is 1. The van der Waals surface area contributed by atoms with E-state index in [4.69, 9.17) is 9.47 Å². The van der Waals surface area contributed by atoms with Gasteiger partial charge in [-0.15, -0.1) is 0 Å². The summed E-state index contributed by atoms with van der Waals surface area (Å²) in [4.78, 5) is 23.3. The van der Waals surface area contributed by atoms with Gasteiger partial charge in [-0.3, -0.25) is 4.79 Å².